The van der Waals surface area contributed by atoms with Gasteiger partial charge in [0.05, 0.1) is 5.36 Å². The highest BCUT2D eigenvalue weighted by atomic mass is 16.3. The van der Waals surface area contributed by atoms with Crippen LogP contribution in [-0.4, -0.2) is 25.1 Å². The summed E-state index contributed by atoms with van der Waals surface area (Å²) in [5.74, 6) is 0.796. The lowest BCUT2D eigenvalue weighted by Gasteiger charge is -2.15. The molecule has 1 aliphatic heterocycles. The molecule has 0 saturated heterocycles. The van der Waals surface area contributed by atoms with Crippen LogP contribution >= 0.6 is 0 Å². The van der Waals surface area contributed by atoms with Crippen LogP contribution in [-0.2, 0) is 0 Å². The first-order valence-corrected chi connectivity index (χ1v) is 16.0. The SMILES string of the molecule is CCCCCCCCCCCCCCCCC(C)N=c1cc2oc3cc(N(C)C)ccc3nc-2c2ccccc12. The monoisotopic (exact) mass is 541 g/mol. The van der Waals surface area contributed by atoms with E-state index in [9.17, 15) is 0 Å². The van der Waals surface area contributed by atoms with Crippen LogP contribution in [0.1, 0.15) is 110 Å². The van der Waals surface area contributed by atoms with Gasteiger partial charge in [0.15, 0.2) is 11.3 Å². The van der Waals surface area contributed by atoms with Gasteiger partial charge in [0.1, 0.15) is 11.2 Å². The predicted molar refractivity (Wildman–Crippen MR) is 172 cm³/mol. The Morgan fingerprint density at radius 3 is 1.98 bits per heavy atom. The average molecular weight is 542 g/mol. The molecule has 0 saturated carbocycles. The summed E-state index contributed by atoms with van der Waals surface area (Å²) >= 11 is 0. The van der Waals surface area contributed by atoms with Gasteiger partial charge >= 0.3 is 0 Å². The Balaban J connectivity index is 1.29. The van der Waals surface area contributed by atoms with Crippen LogP contribution < -0.4 is 10.3 Å². The van der Waals surface area contributed by atoms with E-state index >= 15 is 0 Å². The van der Waals surface area contributed by atoms with Gasteiger partial charge in [-0.2, -0.15) is 0 Å². The Hall–Kier alpha value is -2.88. The van der Waals surface area contributed by atoms with Gasteiger partial charge in [0, 0.05) is 48.7 Å². The molecule has 4 heteroatoms. The van der Waals surface area contributed by atoms with Crippen molar-refractivity contribution in [2.45, 2.75) is 116 Å². The molecule has 0 radical (unpaired) electrons. The molecule has 0 amide bonds. The third-order valence-corrected chi connectivity index (χ3v) is 8.21. The van der Waals surface area contributed by atoms with Crippen LogP contribution in [0.4, 0.5) is 5.69 Å². The van der Waals surface area contributed by atoms with E-state index in [-0.39, 0.29) is 6.04 Å². The summed E-state index contributed by atoms with van der Waals surface area (Å²) in [5.41, 5.74) is 3.68. The van der Waals surface area contributed by atoms with Gasteiger partial charge in [-0.05, 0) is 25.5 Å². The Morgan fingerprint density at radius 1 is 0.750 bits per heavy atom. The Kier molecular flexibility index (Phi) is 11.9. The summed E-state index contributed by atoms with van der Waals surface area (Å²) in [4.78, 5) is 12.2. The van der Waals surface area contributed by atoms with E-state index in [2.05, 4.69) is 61.2 Å². The maximum atomic E-state index is 6.40. The van der Waals surface area contributed by atoms with Crippen LogP contribution in [0.5, 0.6) is 0 Å². The smallest absolute Gasteiger partial charge is 0.155 e. The summed E-state index contributed by atoms with van der Waals surface area (Å²) in [6.07, 6.45) is 20.6. The molecule has 1 unspecified atom stereocenters. The van der Waals surface area contributed by atoms with Crippen molar-refractivity contribution in [3.8, 4) is 11.5 Å². The standard InChI is InChI=1S/C36H51N3O/c1-5-6-7-8-9-10-11-12-13-14-15-16-17-18-21-28(2)37-33-27-35-36(31-23-20-19-22-30(31)33)38-32-25-24-29(39(3)4)26-34(32)40-35/h19-20,22-28H,5-18,21H2,1-4H3. The molecule has 0 aromatic heterocycles. The third-order valence-electron chi connectivity index (χ3n) is 8.21. The molecule has 216 valence electrons. The van der Waals surface area contributed by atoms with Gasteiger partial charge in [-0.3, -0.25) is 4.99 Å². The van der Waals surface area contributed by atoms with E-state index in [0.717, 1.165) is 50.8 Å². The van der Waals surface area contributed by atoms with Gasteiger partial charge in [-0.1, -0.05) is 121 Å². The van der Waals surface area contributed by atoms with Crippen LogP contribution in [0.25, 0.3) is 33.3 Å². The number of anilines is 1. The molecule has 0 N–H and O–H groups in total. The highest BCUT2D eigenvalue weighted by molar-refractivity contribution is 5.96. The van der Waals surface area contributed by atoms with Crippen molar-refractivity contribution < 1.29 is 4.42 Å². The highest BCUT2D eigenvalue weighted by Crippen LogP contribution is 2.31. The lowest BCUT2D eigenvalue weighted by Crippen LogP contribution is -2.12. The normalized spacial score (nSPS) is 13.1. The number of benzene rings is 3. The van der Waals surface area contributed by atoms with Gasteiger partial charge in [-0.25, -0.2) is 4.98 Å². The number of unbranched alkanes of at least 4 members (excludes halogenated alkanes) is 13. The zero-order chi connectivity index (χ0) is 28.2. The molecule has 4 rings (SSSR count). The van der Waals surface area contributed by atoms with Gasteiger partial charge in [0.2, 0.25) is 0 Å². The highest BCUT2D eigenvalue weighted by Gasteiger charge is 2.15. The lowest BCUT2D eigenvalue weighted by molar-refractivity contribution is 0.522. The molecule has 0 fully saturated rings. The fourth-order valence-electron chi connectivity index (χ4n) is 5.75. The largest absolute Gasteiger partial charge is 0.453 e. The third kappa shape index (κ3) is 8.56. The van der Waals surface area contributed by atoms with Crippen molar-refractivity contribution in [1.29, 1.82) is 0 Å². The van der Waals surface area contributed by atoms with E-state index in [1.165, 1.54) is 89.9 Å². The number of fused-ring (bicyclic) bond motifs is 4. The molecule has 0 spiro atoms. The zero-order valence-electron chi connectivity index (χ0n) is 25.6. The molecule has 4 nitrogen and oxygen atoms in total. The Morgan fingerprint density at radius 2 is 1.35 bits per heavy atom. The Bertz CT molecular complexity index is 1360. The number of aromatic nitrogens is 1. The molecule has 1 aliphatic carbocycles. The molecule has 40 heavy (non-hydrogen) atoms. The first-order valence-electron chi connectivity index (χ1n) is 16.0. The van der Waals surface area contributed by atoms with Crippen LogP contribution in [0.15, 0.2) is 57.9 Å². The maximum absolute atomic E-state index is 6.40. The first kappa shape index (κ1) is 30.1. The van der Waals surface area contributed by atoms with Crippen molar-refractivity contribution in [3.63, 3.8) is 0 Å². The van der Waals surface area contributed by atoms with Crippen molar-refractivity contribution >= 4 is 27.6 Å². The maximum Gasteiger partial charge on any atom is 0.155 e. The minimum Gasteiger partial charge on any atom is -0.453 e. The zero-order valence-corrected chi connectivity index (χ0v) is 25.6. The van der Waals surface area contributed by atoms with E-state index in [1.54, 1.807) is 0 Å². The quantitative estimate of drug-likeness (QED) is 0.0758. The lowest BCUT2D eigenvalue weighted by atomic mass is 10.0. The molecule has 1 atom stereocenters. The number of rotatable bonds is 17. The van der Waals surface area contributed by atoms with Crippen LogP contribution in [0, 0.1) is 0 Å². The van der Waals surface area contributed by atoms with Crippen LogP contribution in [0.3, 0.4) is 0 Å². The van der Waals surface area contributed by atoms with E-state index in [0.29, 0.717) is 0 Å². The van der Waals surface area contributed by atoms with Crippen LogP contribution in [0.2, 0.25) is 0 Å². The van der Waals surface area contributed by atoms with Gasteiger partial charge in [-0.15, -0.1) is 0 Å². The molecule has 1 heterocycles. The number of nitrogens with zero attached hydrogens (tertiary/aromatic N) is 3. The van der Waals surface area contributed by atoms with Crippen molar-refractivity contribution in [2.75, 3.05) is 19.0 Å². The molecule has 2 aliphatic rings. The Labute approximate surface area is 242 Å². The first-order chi connectivity index (χ1) is 19.6. The molecule has 0 bridgehead atoms. The van der Waals surface area contributed by atoms with Crippen molar-refractivity contribution in [1.82, 2.24) is 4.98 Å². The van der Waals surface area contributed by atoms with Gasteiger partial charge < -0.3 is 9.32 Å². The second-order valence-electron chi connectivity index (χ2n) is 11.9. The summed E-state index contributed by atoms with van der Waals surface area (Å²) < 4.78 is 6.40. The minimum atomic E-state index is 0.284. The minimum absolute atomic E-state index is 0.284. The van der Waals surface area contributed by atoms with Crippen molar-refractivity contribution in [3.05, 3.63) is 53.9 Å². The summed E-state index contributed by atoms with van der Waals surface area (Å²) in [5, 5.41) is 3.26. The predicted octanol–water partition coefficient (Wildman–Crippen LogP) is 10.3. The second-order valence-corrected chi connectivity index (χ2v) is 11.9. The van der Waals surface area contributed by atoms with E-state index < -0.39 is 0 Å². The van der Waals surface area contributed by atoms with Gasteiger partial charge in [0.25, 0.3) is 0 Å². The molecular formula is C36H51N3O. The molecular weight excluding hydrogens is 490 g/mol. The summed E-state index contributed by atoms with van der Waals surface area (Å²) in [6.45, 7) is 4.54. The second kappa shape index (κ2) is 15.8. The number of hydrogen-bond acceptors (Lipinski definition) is 4. The molecule has 2 aromatic carbocycles. The number of hydrogen-bond donors (Lipinski definition) is 0. The molecule has 2 aromatic rings. The average Bonchev–Trinajstić information content (AvgIpc) is 2.96. The summed E-state index contributed by atoms with van der Waals surface area (Å²) in [7, 11) is 4.08. The fourth-order valence-corrected chi connectivity index (χ4v) is 5.75. The van der Waals surface area contributed by atoms with E-state index in [4.69, 9.17) is 14.4 Å². The van der Waals surface area contributed by atoms with Crippen molar-refractivity contribution in [2.24, 2.45) is 4.99 Å². The topological polar surface area (TPSA) is 41.6 Å². The van der Waals surface area contributed by atoms with E-state index in [1.807, 2.05) is 20.2 Å². The fraction of sp³-hybridized carbons (Fsp3) is 0.556. The summed E-state index contributed by atoms with van der Waals surface area (Å²) in [6, 6.07) is 17.0.